The number of ether oxygens (including phenoxy) is 1. The molecule has 2 rings (SSSR count). The van der Waals surface area contributed by atoms with E-state index in [1.807, 2.05) is 12.1 Å². The molecule has 164 valence electrons. The van der Waals surface area contributed by atoms with Gasteiger partial charge in [0.05, 0.1) is 6.26 Å². The third-order valence-corrected chi connectivity index (χ3v) is 5.81. The van der Waals surface area contributed by atoms with Gasteiger partial charge in [-0.05, 0) is 63.1 Å². The maximum absolute atomic E-state index is 11.9. The first-order valence-corrected chi connectivity index (χ1v) is 11.0. The lowest BCUT2D eigenvalue weighted by molar-refractivity contribution is -0.123. The smallest absolute Gasteiger partial charge is 0.249 e. The average molecular weight is 412 g/mol. The van der Waals surface area contributed by atoms with Gasteiger partial charge in [-0.3, -0.25) is 4.79 Å². The molecule has 1 aliphatic carbocycles. The van der Waals surface area contributed by atoms with Crippen molar-refractivity contribution >= 4 is 5.91 Å². The van der Waals surface area contributed by atoms with Crippen LogP contribution < -0.4 is 4.74 Å². The fourth-order valence-electron chi connectivity index (χ4n) is 4.04. The van der Waals surface area contributed by atoms with E-state index in [1.54, 1.807) is 14.1 Å². The van der Waals surface area contributed by atoms with Crippen LogP contribution in [0.4, 0.5) is 0 Å². The zero-order valence-electron chi connectivity index (χ0n) is 19.2. The molecule has 1 N–H and O–H groups in total. The van der Waals surface area contributed by atoms with Crippen LogP contribution in [0.2, 0.25) is 0 Å². The molecule has 0 unspecified atom stereocenters. The SMILES string of the molecule is C=C(C)[C@@H]1CCC(C)=C[C@H]1c1c(O)cc(CCCCC)cc1O/C=C/C(=O)N(C)C. The number of benzene rings is 1. The van der Waals surface area contributed by atoms with Crippen molar-refractivity contribution in [2.24, 2.45) is 5.92 Å². The van der Waals surface area contributed by atoms with Gasteiger partial charge in [-0.2, -0.15) is 0 Å². The summed E-state index contributed by atoms with van der Waals surface area (Å²) >= 11 is 0. The molecule has 0 aromatic heterocycles. The van der Waals surface area contributed by atoms with Crippen LogP contribution in [0.3, 0.4) is 0 Å². The van der Waals surface area contributed by atoms with Crippen molar-refractivity contribution in [2.75, 3.05) is 14.1 Å². The number of phenols is 1. The molecule has 1 amide bonds. The highest BCUT2D eigenvalue weighted by molar-refractivity contribution is 5.86. The van der Waals surface area contributed by atoms with Gasteiger partial charge in [0.25, 0.3) is 0 Å². The van der Waals surface area contributed by atoms with Crippen LogP contribution in [0.15, 0.2) is 48.3 Å². The van der Waals surface area contributed by atoms with Crippen LogP contribution in [0.5, 0.6) is 11.5 Å². The molecular weight excluding hydrogens is 374 g/mol. The van der Waals surface area contributed by atoms with Crippen molar-refractivity contribution < 1.29 is 14.6 Å². The fraction of sp³-hybridized carbons (Fsp3) is 0.500. The van der Waals surface area contributed by atoms with E-state index in [0.29, 0.717) is 5.75 Å². The minimum absolute atomic E-state index is 0.00823. The number of carbonyl (C=O) groups excluding carboxylic acids is 1. The normalized spacial score (nSPS) is 18.9. The largest absolute Gasteiger partial charge is 0.507 e. The predicted molar refractivity (Wildman–Crippen MR) is 124 cm³/mol. The standard InChI is InChI=1S/C26H37NO3/c1-7-8-9-10-20-16-23(28)26(22-15-19(4)11-12-21(22)18(2)3)24(17-20)30-14-13-25(29)27(5)6/h13-17,21-22,28H,2,7-12H2,1,3-6H3/b14-13+/t21-,22+/m0/s1. The summed E-state index contributed by atoms with van der Waals surface area (Å²) in [6.07, 6.45) is 11.4. The zero-order chi connectivity index (χ0) is 22.3. The van der Waals surface area contributed by atoms with Crippen LogP contribution in [0.1, 0.15) is 69.9 Å². The van der Waals surface area contributed by atoms with E-state index in [0.717, 1.165) is 55.2 Å². The highest BCUT2D eigenvalue weighted by Crippen LogP contribution is 2.47. The van der Waals surface area contributed by atoms with E-state index in [4.69, 9.17) is 4.74 Å². The average Bonchev–Trinajstić information content (AvgIpc) is 2.67. The van der Waals surface area contributed by atoms with Crippen LogP contribution in [-0.4, -0.2) is 30.0 Å². The first-order chi connectivity index (χ1) is 14.2. The summed E-state index contributed by atoms with van der Waals surface area (Å²) in [4.78, 5) is 13.4. The number of aromatic hydroxyl groups is 1. The molecular formula is C26H37NO3. The monoisotopic (exact) mass is 411 g/mol. The van der Waals surface area contributed by atoms with Crippen molar-refractivity contribution in [1.82, 2.24) is 4.90 Å². The molecule has 1 aromatic rings. The summed E-state index contributed by atoms with van der Waals surface area (Å²) in [6, 6.07) is 3.89. The molecule has 0 saturated heterocycles. The van der Waals surface area contributed by atoms with Gasteiger partial charge in [0, 0.05) is 31.7 Å². The first kappa shape index (κ1) is 23.8. The number of hydrogen-bond acceptors (Lipinski definition) is 3. The Morgan fingerprint density at radius 1 is 1.33 bits per heavy atom. The van der Waals surface area contributed by atoms with Crippen molar-refractivity contribution in [3.63, 3.8) is 0 Å². The van der Waals surface area contributed by atoms with E-state index in [9.17, 15) is 9.90 Å². The second-order valence-corrected chi connectivity index (χ2v) is 8.67. The molecule has 1 aliphatic rings. The Hall–Kier alpha value is -2.49. The quantitative estimate of drug-likeness (QED) is 0.230. The lowest BCUT2D eigenvalue weighted by Crippen LogP contribution is -2.19. The fourth-order valence-corrected chi connectivity index (χ4v) is 4.04. The Morgan fingerprint density at radius 2 is 2.07 bits per heavy atom. The van der Waals surface area contributed by atoms with E-state index in [1.165, 1.54) is 22.8 Å². The number of aryl methyl sites for hydroxylation is 1. The maximum atomic E-state index is 11.9. The number of nitrogens with zero attached hydrogens (tertiary/aromatic N) is 1. The van der Waals surface area contributed by atoms with Crippen molar-refractivity contribution in [2.45, 2.75) is 65.2 Å². The number of rotatable bonds is 9. The van der Waals surface area contributed by atoms with Gasteiger partial charge in [-0.15, -0.1) is 0 Å². The Morgan fingerprint density at radius 3 is 2.70 bits per heavy atom. The summed E-state index contributed by atoms with van der Waals surface area (Å²) in [5.74, 6) is 0.988. The second-order valence-electron chi connectivity index (χ2n) is 8.67. The third kappa shape index (κ3) is 6.25. The molecule has 30 heavy (non-hydrogen) atoms. The molecule has 4 nitrogen and oxygen atoms in total. The molecule has 0 radical (unpaired) electrons. The molecule has 0 aliphatic heterocycles. The molecule has 0 bridgehead atoms. The van der Waals surface area contributed by atoms with Crippen LogP contribution in [0, 0.1) is 5.92 Å². The van der Waals surface area contributed by atoms with Crippen molar-refractivity contribution in [3.8, 4) is 11.5 Å². The second kappa shape index (κ2) is 11.1. The summed E-state index contributed by atoms with van der Waals surface area (Å²) in [5.41, 5.74) is 4.26. The van der Waals surface area contributed by atoms with Gasteiger partial charge in [0.1, 0.15) is 11.5 Å². The Bertz CT molecular complexity index is 820. The minimum Gasteiger partial charge on any atom is -0.507 e. The molecule has 0 heterocycles. The summed E-state index contributed by atoms with van der Waals surface area (Å²) in [6.45, 7) is 10.6. The maximum Gasteiger partial charge on any atom is 0.249 e. The Labute approximate surface area is 181 Å². The number of hydrogen-bond donors (Lipinski definition) is 1. The van der Waals surface area contributed by atoms with E-state index in [2.05, 4.69) is 33.4 Å². The predicted octanol–water partition coefficient (Wildman–Crippen LogP) is 6.12. The number of likely N-dealkylation sites (N-methyl/N-ethyl adjacent to an activating group) is 1. The third-order valence-electron chi connectivity index (χ3n) is 5.81. The van der Waals surface area contributed by atoms with Crippen molar-refractivity contribution in [3.05, 3.63) is 59.4 Å². The van der Waals surface area contributed by atoms with Gasteiger partial charge in [0.2, 0.25) is 5.91 Å². The molecule has 4 heteroatoms. The lowest BCUT2D eigenvalue weighted by atomic mass is 9.73. The van der Waals surface area contributed by atoms with Crippen molar-refractivity contribution in [1.29, 1.82) is 0 Å². The lowest BCUT2D eigenvalue weighted by Gasteiger charge is -2.32. The molecule has 2 atom stereocenters. The first-order valence-electron chi connectivity index (χ1n) is 11.0. The Balaban J connectivity index is 2.46. The van der Waals surface area contributed by atoms with Crippen LogP contribution in [0.25, 0.3) is 0 Å². The number of phenolic OH excluding ortho intramolecular Hbond substituents is 1. The summed E-state index contributed by atoms with van der Waals surface area (Å²) in [5, 5.41) is 11.0. The van der Waals surface area contributed by atoms with Gasteiger partial charge in [-0.1, -0.05) is 43.6 Å². The van der Waals surface area contributed by atoms with E-state index >= 15 is 0 Å². The van der Waals surface area contributed by atoms with Gasteiger partial charge in [0.15, 0.2) is 0 Å². The molecule has 0 fully saturated rings. The molecule has 0 spiro atoms. The topological polar surface area (TPSA) is 49.8 Å². The number of amides is 1. The highest BCUT2D eigenvalue weighted by Gasteiger charge is 2.30. The minimum atomic E-state index is -0.145. The molecule has 0 saturated carbocycles. The van der Waals surface area contributed by atoms with E-state index in [-0.39, 0.29) is 23.5 Å². The molecule has 1 aromatic carbocycles. The highest BCUT2D eigenvalue weighted by atomic mass is 16.5. The Kier molecular flexibility index (Phi) is 8.76. The number of carbonyl (C=O) groups is 1. The summed E-state index contributed by atoms with van der Waals surface area (Å²) in [7, 11) is 3.40. The van der Waals surface area contributed by atoms with Crippen LogP contribution in [-0.2, 0) is 11.2 Å². The van der Waals surface area contributed by atoms with Gasteiger partial charge < -0.3 is 14.7 Å². The van der Waals surface area contributed by atoms with E-state index < -0.39 is 0 Å². The van der Waals surface area contributed by atoms with Gasteiger partial charge >= 0.3 is 0 Å². The summed E-state index contributed by atoms with van der Waals surface area (Å²) < 4.78 is 5.96. The van der Waals surface area contributed by atoms with Gasteiger partial charge in [-0.25, -0.2) is 0 Å². The zero-order valence-corrected chi connectivity index (χ0v) is 19.2. The number of allylic oxidation sites excluding steroid dienone is 3. The number of unbranched alkanes of at least 4 members (excludes halogenated alkanes) is 2. The van der Waals surface area contributed by atoms with Crippen LogP contribution >= 0.6 is 0 Å².